The van der Waals surface area contributed by atoms with E-state index in [0.29, 0.717) is 6.04 Å². The molecular formula is C18H37N3. The third kappa shape index (κ3) is 4.20. The zero-order valence-corrected chi connectivity index (χ0v) is 14.6. The van der Waals surface area contributed by atoms with Crippen LogP contribution < -0.4 is 5.73 Å². The standard InChI is InChI=1S/C18H37N3/c1-16(2)21-13-8-11-18(15-19,12-14-21)20(3)17-9-6-4-5-7-10-17/h16-17H,4-15,19H2,1-3H3. The first-order valence-corrected chi connectivity index (χ1v) is 9.26. The second-order valence-corrected chi connectivity index (χ2v) is 7.67. The van der Waals surface area contributed by atoms with Crippen molar-refractivity contribution in [3.8, 4) is 0 Å². The Morgan fingerprint density at radius 2 is 1.71 bits per heavy atom. The zero-order chi connectivity index (χ0) is 15.3. The average molecular weight is 296 g/mol. The van der Waals surface area contributed by atoms with Gasteiger partial charge in [-0.05, 0) is 59.5 Å². The van der Waals surface area contributed by atoms with Gasteiger partial charge < -0.3 is 10.6 Å². The van der Waals surface area contributed by atoms with Gasteiger partial charge in [-0.15, -0.1) is 0 Å². The van der Waals surface area contributed by atoms with E-state index in [0.717, 1.165) is 12.6 Å². The molecule has 1 saturated heterocycles. The maximum Gasteiger partial charge on any atom is 0.0344 e. The van der Waals surface area contributed by atoms with E-state index in [9.17, 15) is 0 Å². The summed E-state index contributed by atoms with van der Waals surface area (Å²) in [6.45, 7) is 7.94. The minimum atomic E-state index is 0.249. The molecule has 0 aromatic heterocycles. The minimum absolute atomic E-state index is 0.249. The Balaban J connectivity index is 2.04. The summed E-state index contributed by atoms with van der Waals surface area (Å²) in [4.78, 5) is 5.35. The Bertz CT molecular complexity index is 297. The van der Waals surface area contributed by atoms with Crippen molar-refractivity contribution in [3.63, 3.8) is 0 Å². The summed E-state index contributed by atoms with van der Waals surface area (Å²) in [5.74, 6) is 0. The predicted octanol–water partition coefficient (Wildman–Crippen LogP) is 3.23. The van der Waals surface area contributed by atoms with E-state index >= 15 is 0 Å². The Morgan fingerprint density at radius 1 is 1.05 bits per heavy atom. The zero-order valence-electron chi connectivity index (χ0n) is 14.6. The summed E-state index contributed by atoms with van der Waals surface area (Å²) in [5.41, 5.74) is 6.56. The summed E-state index contributed by atoms with van der Waals surface area (Å²) in [6.07, 6.45) is 12.3. The molecule has 0 bridgehead atoms. The van der Waals surface area contributed by atoms with Crippen LogP contribution in [-0.2, 0) is 0 Å². The van der Waals surface area contributed by atoms with E-state index < -0.39 is 0 Å². The fourth-order valence-electron chi connectivity index (χ4n) is 4.45. The average Bonchev–Trinajstić information content (AvgIpc) is 2.87. The molecule has 0 aromatic carbocycles. The number of likely N-dealkylation sites (tertiary alicyclic amines) is 1. The molecule has 2 rings (SSSR count). The first kappa shape index (κ1) is 17.2. The van der Waals surface area contributed by atoms with Crippen LogP contribution in [0.5, 0.6) is 0 Å². The Labute approximate surface area is 132 Å². The van der Waals surface area contributed by atoms with Crippen LogP contribution in [0, 0.1) is 0 Å². The molecule has 1 atom stereocenters. The Hall–Kier alpha value is -0.120. The SMILES string of the molecule is CC(C)N1CCCC(CN)(N(C)C2CCCCCC2)CC1. The van der Waals surface area contributed by atoms with E-state index in [-0.39, 0.29) is 5.54 Å². The smallest absolute Gasteiger partial charge is 0.0344 e. The minimum Gasteiger partial charge on any atom is -0.329 e. The van der Waals surface area contributed by atoms with Gasteiger partial charge in [0.25, 0.3) is 0 Å². The highest BCUT2D eigenvalue weighted by atomic mass is 15.2. The van der Waals surface area contributed by atoms with E-state index in [1.807, 2.05) is 0 Å². The van der Waals surface area contributed by atoms with Gasteiger partial charge in [-0.25, -0.2) is 0 Å². The van der Waals surface area contributed by atoms with Gasteiger partial charge in [-0.2, -0.15) is 0 Å². The monoisotopic (exact) mass is 295 g/mol. The summed E-state index contributed by atoms with van der Waals surface area (Å²) >= 11 is 0. The molecule has 0 amide bonds. The van der Waals surface area contributed by atoms with E-state index in [1.54, 1.807) is 0 Å². The third-order valence-corrected chi connectivity index (χ3v) is 6.18. The van der Waals surface area contributed by atoms with E-state index in [1.165, 1.54) is 70.9 Å². The molecule has 1 unspecified atom stereocenters. The van der Waals surface area contributed by atoms with Crippen LogP contribution in [0.2, 0.25) is 0 Å². The van der Waals surface area contributed by atoms with Crippen LogP contribution in [0.3, 0.4) is 0 Å². The van der Waals surface area contributed by atoms with Crippen LogP contribution in [0.15, 0.2) is 0 Å². The van der Waals surface area contributed by atoms with Crippen molar-refractivity contribution in [3.05, 3.63) is 0 Å². The topological polar surface area (TPSA) is 32.5 Å². The maximum absolute atomic E-state index is 6.32. The van der Waals surface area contributed by atoms with Crippen LogP contribution in [0.25, 0.3) is 0 Å². The fourth-order valence-corrected chi connectivity index (χ4v) is 4.45. The van der Waals surface area contributed by atoms with Crippen molar-refractivity contribution in [1.82, 2.24) is 9.80 Å². The molecule has 1 aliphatic carbocycles. The van der Waals surface area contributed by atoms with Crippen LogP contribution >= 0.6 is 0 Å². The lowest BCUT2D eigenvalue weighted by molar-refractivity contribution is 0.0543. The summed E-state index contributed by atoms with van der Waals surface area (Å²) in [7, 11) is 2.37. The number of rotatable bonds is 4. The van der Waals surface area contributed by atoms with Crippen LogP contribution in [0.1, 0.15) is 71.6 Å². The lowest BCUT2D eigenvalue weighted by Gasteiger charge is -2.45. The van der Waals surface area contributed by atoms with Crippen LogP contribution in [0.4, 0.5) is 0 Å². The van der Waals surface area contributed by atoms with Gasteiger partial charge in [0.1, 0.15) is 0 Å². The molecule has 3 heteroatoms. The largest absolute Gasteiger partial charge is 0.329 e. The molecule has 1 saturated carbocycles. The fraction of sp³-hybridized carbons (Fsp3) is 1.00. The quantitative estimate of drug-likeness (QED) is 0.808. The molecule has 3 nitrogen and oxygen atoms in total. The number of nitrogens with two attached hydrogens (primary N) is 1. The van der Waals surface area contributed by atoms with Gasteiger partial charge in [0.2, 0.25) is 0 Å². The summed E-state index contributed by atoms with van der Waals surface area (Å²) < 4.78 is 0. The molecular weight excluding hydrogens is 258 g/mol. The number of hydrogen-bond acceptors (Lipinski definition) is 3. The first-order chi connectivity index (χ1) is 10.1. The normalized spacial score (nSPS) is 30.6. The van der Waals surface area contributed by atoms with E-state index in [4.69, 9.17) is 5.73 Å². The molecule has 2 N–H and O–H groups in total. The lowest BCUT2D eigenvalue weighted by Crippen LogP contribution is -2.56. The van der Waals surface area contributed by atoms with Gasteiger partial charge in [0.15, 0.2) is 0 Å². The molecule has 0 radical (unpaired) electrons. The van der Waals surface area contributed by atoms with Crippen molar-refractivity contribution >= 4 is 0 Å². The maximum atomic E-state index is 6.32. The van der Waals surface area contributed by atoms with Crippen molar-refractivity contribution < 1.29 is 0 Å². The van der Waals surface area contributed by atoms with Crippen molar-refractivity contribution in [2.75, 3.05) is 26.7 Å². The molecule has 2 fully saturated rings. The highest BCUT2D eigenvalue weighted by Crippen LogP contribution is 2.33. The number of hydrogen-bond donors (Lipinski definition) is 1. The molecule has 1 heterocycles. The molecule has 0 spiro atoms. The number of likely N-dealkylation sites (N-methyl/N-ethyl adjacent to an activating group) is 1. The summed E-state index contributed by atoms with van der Waals surface area (Å²) in [6, 6.07) is 1.43. The second-order valence-electron chi connectivity index (χ2n) is 7.67. The van der Waals surface area contributed by atoms with Gasteiger partial charge in [0.05, 0.1) is 0 Å². The molecule has 1 aliphatic heterocycles. The lowest BCUT2D eigenvalue weighted by atomic mass is 9.86. The van der Waals surface area contributed by atoms with Crippen molar-refractivity contribution in [1.29, 1.82) is 0 Å². The highest BCUT2D eigenvalue weighted by molar-refractivity contribution is 4.96. The Kier molecular flexibility index (Phi) is 6.51. The molecule has 0 aromatic rings. The third-order valence-electron chi connectivity index (χ3n) is 6.18. The van der Waals surface area contributed by atoms with E-state index in [2.05, 4.69) is 30.7 Å². The van der Waals surface area contributed by atoms with Crippen molar-refractivity contribution in [2.45, 2.75) is 89.3 Å². The second kappa shape index (κ2) is 7.94. The first-order valence-electron chi connectivity index (χ1n) is 9.26. The number of nitrogens with zero attached hydrogens (tertiary/aromatic N) is 2. The highest BCUT2D eigenvalue weighted by Gasteiger charge is 2.38. The van der Waals surface area contributed by atoms with Crippen LogP contribution in [-0.4, -0.2) is 54.1 Å². The predicted molar refractivity (Wildman–Crippen MR) is 91.6 cm³/mol. The van der Waals surface area contributed by atoms with Gasteiger partial charge in [-0.3, -0.25) is 4.90 Å². The van der Waals surface area contributed by atoms with Gasteiger partial charge in [0, 0.05) is 30.7 Å². The molecule has 2 aliphatic rings. The summed E-state index contributed by atoms with van der Waals surface area (Å²) in [5, 5.41) is 0. The van der Waals surface area contributed by atoms with Crippen molar-refractivity contribution in [2.24, 2.45) is 5.73 Å². The van der Waals surface area contributed by atoms with Gasteiger partial charge >= 0.3 is 0 Å². The Morgan fingerprint density at radius 3 is 2.29 bits per heavy atom. The van der Waals surface area contributed by atoms with Gasteiger partial charge in [-0.1, -0.05) is 25.7 Å². The molecule has 21 heavy (non-hydrogen) atoms. The molecule has 124 valence electrons.